The van der Waals surface area contributed by atoms with Gasteiger partial charge in [-0.05, 0) is 19.8 Å². The molecular weight excluding hydrogens is 443 g/mol. The van der Waals surface area contributed by atoms with Gasteiger partial charge in [0.2, 0.25) is 5.43 Å². The molecule has 1 aromatic carbocycles. The second kappa shape index (κ2) is 8.54. The molecule has 3 heterocycles. The van der Waals surface area contributed by atoms with Crippen LogP contribution < -0.4 is 10.7 Å². The van der Waals surface area contributed by atoms with E-state index in [1.807, 2.05) is 6.92 Å². The molecule has 0 aliphatic carbocycles. The number of nitrogens with one attached hydrogen (secondary N) is 1. The molecule has 33 heavy (non-hydrogen) atoms. The first kappa shape index (κ1) is 22.8. The number of nitrogens with zero attached hydrogens (tertiary/aromatic N) is 2. The molecule has 8 nitrogen and oxygen atoms in total. The van der Waals surface area contributed by atoms with E-state index in [-0.39, 0.29) is 24.4 Å². The van der Waals surface area contributed by atoms with Crippen molar-refractivity contribution in [3.05, 3.63) is 62.8 Å². The van der Waals surface area contributed by atoms with Crippen LogP contribution in [0.25, 0.3) is 0 Å². The average Bonchev–Trinajstić information content (AvgIpc) is 2.90. The maximum Gasteiger partial charge on any atom is 0.274 e. The number of ether oxygens (including phenoxy) is 1. The zero-order chi connectivity index (χ0) is 24.0. The SMILES string of the molecule is COC1CCC(C)N2CC1n1cc(C(=O)NCc3c(F)cc(F)cc3F)c(=O)c(O)c1C2=O. The Kier molecular flexibility index (Phi) is 5.91. The molecule has 4 rings (SSSR count). The highest BCUT2D eigenvalue weighted by molar-refractivity contribution is 5.99. The number of rotatable bonds is 4. The van der Waals surface area contributed by atoms with Gasteiger partial charge in [0.15, 0.2) is 11.4 Å². The molecule has 0 spiro atoms. The van der Waals surface area contributed by atoms with Crippen LogP contribution in [0.4, 0.5) is 13.2 Å². The second-order valence-electron chi connectivity index (χ2n) is 8.23. The molecule has 1 fully saturated rings. The van der Waals surface area contributed by atoms with Crippen LogP contribution in [0.15, 0.2) is 23.1 Å². The van der Waals surface area contributed by atoms with E-state index in [4.69, 9.17) is 4.74 Å². The topological polar surface area (TPSA) is 101 Å². The number of carbonyl (C=O) groups is 2. The minimum absolute atomic E-state index is 0.133. The van der Waals surface area contributed by atoms with Crippen LogP contribution in [0, 0.1) is 17.5 Å². The van der Waals surface area contributed by atoms with Crippen molar-refractivity contribution in [3.63, 3.8) is 0 Å². The smallest absolute Gasteiger partial charge is 0.274 e. The van der Waals surface area contributed by atoms with Crippen molar-refractivity contribution in [1.29, 1.82) is 0 Å². The second-order valence-corrected chi connectivity index (χ2v) is 8.23. The first-order valence-electron chi connectivity index (χ1n) is 10.4. The van der Waals surface area contributed by atoms with E-state index in [2.05, 4.69) is 5.32 Å². The Hall–Kier alpha value is -3.34. The third kappa shape index (κ3) is 3.86. The zero-order valence-electron chi connectivity index (χ0n) is 17.9. The number of halogens is 3. The van der Waals surface area contributed by atoms with Crippen LogP contribution in [0.3, 0.4) is 0 Å². The van der Waals surface area contributed by atoms with Gasteiger partial charge in [0.25, 0.3) is 11.8 Å². The first-order chi connectivity index (χ1) is 15.6. The van der Waals surface area contributed by atoms with Crippen molar-refractivity contribution in [2.75, 3.05) is 13.7 Å². The summed E-state index contributed by atoms with van der Waals surface area (Å²) < 4.78 is 47.8. The van der Waals surface area contributed by atoms with Gasteiger partial charge in [-0.15, -0.1) is 0 Å². The standard InChI is InChI=1S/C22H22F3N3O5/c1-10-3-4-17(33-2)16-9-27(10)22(32)18-20(30)19(29)13(8-28(16)18)21(31)26-7-12-14(24)5-11(23)6-15(12)25/h5-6,8,10,16-17,30H,3-4,7,9H2,1-2H3,(H,26,31). The lowest BCUT2D eigenvalue weighted by molar-refractivity contribution is 0.0330. The maximum absolute atomic E-state index is 13.9. The van der Waals surface area contributed by atoms with Crippen molar-refractivity contribution in [2.24, 2.45) is 0 Å². The molecule has 2 N–H and O–H groups in total. The van der Waals surface area contributed by atoms with E-state index in [1.54, 1.807) is 4.90 Å². The highest BCUT2D eigenvalue weighted by atomic mass is 19.1. The van der Waals surface area contributed by atoms with E-state index >= 15 is 0 Å². The van der Waals surface area contributed by atoms with Gasteiger partial charge in [0, 0.05) is 50.1 Å². The number of hydrogen-bond acceptors (Lipinski definition) is 5. The zero-order valence-corrected chi connectivity index (χ0v) is 17.9. The van der Waals surface area contributed by atoms with E-state index in [9.17, 15) is 32.7 Å². The van der Waals surface area contributed by atoms with E-state index in [1.165, 1.54) is 11.7 Å². The molecule has 1 aromatic heterocycles. The van der Waals surface area contributed by atoms with Gasteiger partial charge < -0.3 is 24.6 Å². The molecule has 11 heteroatoms. The molecule has 0 radical (unpaired) electrons. The summed E-state index contributed by atoms with van der Waals surface area (Å²) in [5.74, 6) is -5.93. The van der Waals surface area contributed by atoms with Crippen LogP contribution in [0.2, 0.25) is 0 Å². The van der Waals surface area contributed by atoms with Crippen molar-refractivity contribution >= 4 is 11.8 Å². The van der Waals surface area contributed by atoms with Crippen molar-refractivity contribution < 1.29 is 32.6 Å². The van der Waals surface area contributed by atoms with Gasteiger partial charge in [-0.25, -0.2) is 13.2 Å². The van der Waals surface area contributed by atoms with Crippen molar-refractivity contribution in [2.45, 2.75) is 44.5 Å². The molecule has 2 aromatic rings. The van der Waals surface area contributed by atoms with Crippen LogP contribution in [-0.4, -0.2) is 52.2 Å². The number of amides is 2. The molecule has 3 atom stereocenters. The van der Waals surface area contributed by atoms with Gasteiger partial charge in [0.1, 0.15) is 23.0 Å². The lowest BCUT2D eigenvalue weighted by Crippen LogP contribution is -2.49. The fraction of sp³-hybridized carbons (Fsp3) is 0.409. The summed E-state index contributed by atoms with van der Waals surface area (Å²) >= 11 is 0. The summed E-state index contributed by atoms with van der Waals surface area (Å²) in [4.78, 5) is 40.0. The minimum Gasteiger partial charge on any atom is -0.503 e. The number of carbonyl (C=O) groups excluding carboxylic acids is 2. The lowest BCUT2D eigenvalue weighted by atomic mass is 10.0. The van der Waals surface area contributed by atoms with Crippen LogP contribution >= 0.6 is 0 Å². The third-order valence-electron chi connectivity index (χ3n) is 6.32. The van der Waals surface area contributed by atoms with Crippen molar-refractivity contribution in [1.82, 2.24) is 14.8 Å². The summed E-state index contributed by atoms with van der Waals surface area (Å²) in [6.07, 6.45) is 2.09. The molecule has 2 amide bonds. The van der Waals surface area contributed by atoms with Gasteiger partial charge in [0.05, 0.1) is 12.1 Å². The number of methoxy groups -OCH3 is 1. The normalized spacial score (nSPS) is 22.0. The Morgan fingerprint density at radius 3 is 2.52 bits per heavy atom. The fourth-order valence-electron chi connectivity index (χ4n) is 4.47. The summed E-state index contributed by atoms with van der Waals surface area (Å²) in [5, 5.41) is 12.8. The number of aromatic hydroxyl groups is 1. The Morgan fingerprint density at radius 1 is 1.21 bits per heavy atom. The number of benzene rings is 1. The summed E-state index contributed by atoms with van der Waals surface area (Å²) in [6.45, 7) is 1.47. The largest absolute Gasteiger partial charge is 0.503 e. The lowest BCUT2D eigenvalue weighted by Gasteiger charge is -2.38. The van der Waals surface area contributed by atoms with Crippen LogP contribution in [-0.2, 0) is 11.3 Å². The Balaban J connectivity index is 1.71. The van der Waals surface area contributed by atoms with E-state index in [0.717, 1.165) is 6.20 Å². The first-order valence-corrected chi connectivity index (χ1v) is 10.4. The molecule has 2 bridgehead atoms. The van der Waals surface area contributed by atoms with Crippen LogP contribution in [0.5, 0.6) is 5.75 Å². The number of aromatic nitrogens is 1. The monoisotopic (exact) mass is 465 g/mol. The van der Waals surface area contributed by atoms with Gasteiger partial charge in [-0.2, -0.15) is 0 Å². The fourth-order valence-corrected chi connectivity index (χ4v) is 4.47. The summed E-state index contributed by atoms with van der Waals surface area (Å²) in [5.41, 5.74) is -2.42. The highest BCUT2D eigenvalue weighted by Gasteiger charge is 2.42. The van der Waals surface area contributed by atoms with Crippen LogP contribution in [0.1, 0.15) is 52.2 Å². The highest BCUT2D eigenvalue weighted by Crippen LogP contribution is 2.35. The molecule has 1 saturated heterocycles. The average molecular weight is 465 g/mol. The molecule has 2 aliphatic rings. The molecular formula is C22H22F3N3O5. The van der Waals surface area contributed by atoms with Crippen molar-refractivity contribution in [3.8, 4) is 5.75 Å². The van der Waals surface area contributed by atoms with Gasteiger partial charge in [-0.1, -0.05) is 0 Å². The third-order valence-corrected chi connectivity index (χ3v) is 6.32. The predicted octanol–water partition coefficient (Wildman–Crippen LogP) is 2.10. The number of pyridine rings is 1. The van der Waals surface area contributed by atoms with E-state index < -0.39 is 64.2 Å². The molecule has 176 valence electrons. The number of hydrogen-bond donors (Lipinski definition) is 2. The molecule has 3 unspecified atom stereocenters. The predicted molar refractivity (Wildman–Crippen MR) is 109 cm³/mol. The summed E-state index contributed by atoms with van der Waals surface area (Å²) in [7, 11) is 1.52. The molecule has 2 aliphatic heterocycles. The van der Waals surface area contributed by atoms with Gasteiger partial charge >= 0.3 is 0 Å². The quantitative estimate of drug-likeness (QED) is 0.720. The Morgan fingerprint density at radius 2 is 1.88 bits per heavy atom. The molecule has 0 saturated carbocycles. The van der Waals surface area contributed by atoms with Gasteiger partial charge in [-0.3, -0.25) is 14.4 Å². The summed E-state index contributed by atoms with van der Waals surface area (Å²) in [6, 6.07) is 0.350. The Labute approximate surface area is 186 Å². The minimum atomic E-state index is -1.20. The maximum atomic E-state index is 13.9. The number of fused-ring (bicyclic) bond motifs is 4. The van der Waals surface area contributed by atoms with E-state index in [0.29, 0.717) is 25.0 Å². The Bertz CT molecular complexity index is 1180.